The van der Waals surface area contributed by atoms with Crippen LogP contribution in [0.5, 0.6) is 0 Å². The summed E-state index contributed by atoms with van der Waals surface area (Å²) in [7, 11) is 0. The van der Waals surface area contributed by atoms with Gasteiger partial charge in [0, 0.05) is 49.1 Å². The van der Waals surface area contributed by atoms with Crippen LogP contribution in [0.4, 0.5) is 8.78 Å². The minimum atomic E-state index is -2.52. The molecular weight excluding hydrogens is 306 g/mol. The number of hydrogen-bond acceptors (Lipinski definition) is 2. The molecule has 1 heterocycles. The first-order valence-corrected chi connectivity index (χ1v) is 8.46. The van der Waals surface area contributed by atoms with E-state index < -0.39 is 11.8 Å². The Balaban J connectivity index is 0.000000847. The zero-order valence-corrected chi connectivity index (χ0v) is 14.2. The maximum Gasteiger partial charge on any atom is 0.253 e. The summed E-state index contributed by atoms with van der Waals surface area (Å²) in [5, 5.41) is 4.00. The molecule has 2 aliphatic rings. The van der Waals surface area contributed by atoms with Crippen LogP contribution in [0.15, 0.2) is 24.3 Å². The number of rotatable bonds is 3. The second-order valence-corrected chi connectivity index (χ2v) is 6.35. The van der Waals surface area contributed by atoms with E-state index in [2.05, 4.69) is 17.1 Å². The summed E-state index contributed by atoms with van der Waals surface area (Å²) in [5.74, 6) is -3.08. The van der Waals surface area contributed by atoms with Gasteiger partial charge in [-0.1, -0.05) is 37.6 Å². The topological polar surface area (TPSA) is 15.3 Å². The quantitative estimate of drug-likeness (QED) is 0.886. The average molecular weight is 331 g/mol. The molecule has 2 fully saturated rings. The van der Waals surface area contributed by atoms with Crippen molar-refractivity contribution in [3.8, 4) is 0 Å². The summed E-state index contributed by atoms with van der Waals surface area (Å²) in [6.07, 6.45) is -0.00139. The van der Waals surface area contributed by atoms with Gasteiger partial charge in [-0.05, 0) is 24.6 Å². The summed E-state index contributed by atoms with van der Waals surface area (Å²) in [6, 6.07) is 7.48. The van der Waals surface area contributed by atoms with E-state index in [0.29, 0.717) is 11.1 Å². The molecule has 22 heavy (non-hydrogen) atoms. The third-order valence-corrected chi connectivity index (χ3v) is 4.51. The Morgan fingerprint density at radius 1 is 1.27 bits per heavy atom. The van der Waals surface area contributed by atoms with Crippen molar-refractivity contribution >= 4 is 11.6 Å². The second kappa shape index (κ2) is 7.24. The molecule has 3 rings (SSSR count). The molecule has 0 aromatic heterocycles. The molecule has 0 amide bonds. The Labute approximate surface area is 136 Å². The standard InChI is InChI=1S/C15H19ClF2N2.C2H6/c1-10-9-20(7-6-19-10)14(13-8-15(13,17)18)11-2-4-12(16)5-3-11;1-2/h2-5,10,13-14,19H,6-9H2,1H3;1-2H3. The third-order valence-electron chi connectivity index (χ3n) is 4.26. The van der Waals surface area contributed by atoms with Crippen molar-refractivity contribution in [2.75, 3.05) is 19.6 Å². The van der Waals surface area contributed by atoms with Crippen LogP contribution in [0.3, 0.4) is 0 Å². The van der Waals surface area contributed by atoms with E-state index in [-0.39, 0.29) is 12.5 Å². The number of nitrogens with zero attached hydrogens (tertiary/aromatic N) is 1. The van der Waals surface area contributed by atoms with Gasteiger partial charge in [0.25, 0.3) is 5.92 Å². The lowest BCUT2D eigenvalue weighted by molar-refractivity contribution is 0.0536. The van der Waals surface area contributed by atoms with Crippen LogP contribution in [0.2, 0.25) is 5.02 Å². The molecule has 0 bridgehead atoms. The van der Waals surface area contributed by atoms with Gasteiger partial charge in [0.05, 0.1) is 0 Å². The van der Waals surface area contributed by atoms with Gasteiger partial charge in [-0.15, -0.1) is 0 Å². The highest BCUT2D eigenvalue weighted by Crippen LogP contribution is 2.57. The normalized spacial score (nSPS) is 28.5. The fourth-order valence-electron chi connectivity index (χ4n) is 3.15. The van der Waals surface area contributed by atoms with Crippen LogP contribution in [0.1, 0.15) is 38.8 Å². The van der Waals surface area contributed by atoms with Crippen LogP contribution >= 0.6 is 11.6 Å². The third kappa shape index (κ3) is 3.98. The number of nitrogens with one attached hydrogen (secondary N) is 1. The van der Waals surface area contributed by atoms with Gasteiger partial charge < -0.3 is 5.32 Å². The lowest BCUT2D eigenvalue weighted by Crippen LogP contribution is -2.51. The van der Waals surface area contributed by atoms with Gasteiger partial charge in [0.2, 0.25) is 0 Å². The molecule has 1 saturated heterocycles. The van der Waals surface area contributed by atoms with E-state index in [0.717, 1.165) is 25.2 Å². The summed E-state index contributed by atoms with van der Waals surface area (Å²) in [6.45, 7) is 8.56. The van der Waals surface area contributed by atoms with Gasteiger partial charge in [0.1, 0.15) is 0 Å². The fourth-order valence-corrected chi connectivity index (χ4v) is 3.28. The molecule has 0 spiro atoms. The summed E-state index contributed by atoms with van der Waals surface area (Å²) >= 11 is 5.90. The zero-order chi connectivity index (χ0) is 16.3. The molecule has 5 heteroatoms. The van der Waals surface area contributed by atoms with Gasteiger partial charge in [-0.25, -0.2) is 8.78 Å². The number of halogens is 3. The molecular formula is C17H25ClF2N2. The van der Waals surface area contributed by atoms with Gasteiger partial charge in [-0.3, -0.25) is 4.90 Å². The molecule has 124 valence electrons. The Bertz CT molecular complexity index is 478. The molecule has 3 atom stereocenters. The van der Waals surface area contributed by atoms with Crippen LogP contribution in [-0.4, -0.2) is 36.5 Å². The average Bonchev–Trinajstić information content (AvgIpc) is 3.12. The van der Waals surface area contributed by atoms with Crippen LogP contribution in [0.25, 0.3) is 0 Å². The summed E-state index contributed by atoms with van der Waals surface area (Å²) < 4.78 is 27.2. The second-order valence-electron chi connectivity index (χ2n) is 5.92. The number of hydrogen-bond donors (Lipinski definition) is 1. The van der Waals surface area contributed by atoms with E-state index in [1.54, 1.807) is 12.1 Å². The van der Waals surface area contributed by atoms with Gasteiger partial charge in [-0.2, -0.15) is 0 Å². The van der Waals surface area contributed by atoms with Crippen LogP contribution in [0, 0.1) is 5.92 Å². The van der Waals surface area contributed by atoms with Crippen molar-refractivity contribution in [1.82, 2.24) is 10.2 Å². The number of piperazine rings is 1. The fraction of sp³-hybridized carbons (Fsp3) is 0.647. The van der Waals surface area contributed by atoms with Crippen molar-refractivity contribution in [3.05, 3.63) is 34.9 Å². The zero-order valence-electron chi connectivity index (χ0n) is 13.5. The predicted octanol–water partition coefficient (Wildman–Crippen LogP) is 4.36. The van der Waals surface area contributed by atoms with Crippen molar-refractivity contribution < 1.29 is 8.78 Å². The molecule has 0 radical (unpaired) electrons. The lowest BCUT2D eigenvalue weighted by Gasteiger charge is -2.38. The maximum atomic E-state index is 13.6. The monoisotopic (exact) mass is 330 g/mol. The molecule has 1 N–H and O–H groups in total. The Kier molecular flexibility index (Phi) is 5.81. The number of benzene rings is 1. The first-order chi connectivity index (χ1) is 10.5. The number of alkyl halides is 2. The minimum absolute atomic E-state index is 0.00139. The molecule has 1 aromatic carbocycles. The van der Waals surface area contributed by atoms with E-state index in [4.69, 9.17) is 11.6 Å². The summed E-state index contributed by atoms with van der Waals surface area (Å²) in [5.41, 5.74) is 0.950. The van der Waals surface area contributed by atoms with Crippen LogP contribution in [-0.2, 0) is 0 Å². The molecule has 1 saturated carbocycles. The first-order valence-electron chi connectivity index (χ1n) is 8.08. The highest BCUT2D eigenvalue weighted by molar-refractivity contribution is 6.30. The highest BCUT2D eigenvalue weighted by Gasteiger charge is 2.61. The van der Waals surface area contributed by atoms with E-state index in [9.17, 15) is 8.78 Å². The van der Waals surface area contributed by atoms with Gasteiger partial charge in [0.15, 0.2) is 0 Å². The van der Waals surface area contributed by atoms with E-state index in [1.165, 1.54) is 0 Å². The summed E-state index contributed by atoms with van der Waals surface area (Å²) in [4.78, 5) is 2.19. The van der Waals surface area contributed by atoms with Crippen molar-refractivity contribution in [2.45, 2.75) is 45.2 Å². The Morgan fingerprint density at radius 3 is 2.36 bits per heavy atom. The minimum Gasteiger partial charge on any atom is -0.312 e. The van der Waals surface area contributed by atoms with E-state index in [1.807, 2.05) is 26.0 Å². The first kappa shape index (κ1) is 17.6. The Morgan fingerprint density at radius 2 is 1.86 bits per heavy atom. The molecule has 2 nitrogen and oxygen atoms in total. The van der Waals surface area contributed by atoms with Crippen molar-refractivity contribution in [2.24, 2.45) is 5.92 Å². The predicted molar refractivity (Wildman–Crippen MR) is 87.6 cm³/mol. The highest BCUT2D eigenvalue weighted by atomic mass is 35.5. The van der Waals surface area contributed by atoms with Crippen molar-refractivity contribution in [1.29, 1.82) is 0 Å². The SMILES string of the molecule is CC.CC1CN(C(c2ccc(Cl)cc2)C2CC2(F)F)CCN1. The molecule has 1 aliphatic heterocycles. The van der Waals surface area contributed by atoms with Crippen molar-refractivity contribution in [3.63, 3.8) is 0 Å². The smallest absolute Gasteiger partial charge is 0.253 e. The maximum absolute atomic E-state index is 13.6. The van der Waals surface area contributed by atoms with E-state index >= 15 is 0 Å². The molecule has 1 aliphatic carbocycles. The molecule has 1 aromatic rings. The van der Waals surface area contributed by atoms with Gasteiger partial charge >= 0.3 is 0 Å². The Hall–Kier alpha value is -0.710. The lowest BCUT2D eigenvalue weighted by atomic mass is 9.98. The largest absolute Gasteiger partial charge is 0.312 e. The van der Waals surface area contributed by atoms with Crippen LogP contribution < -0.4 is 5.32 Å². The molecule has 3 unspecified atom stereocenters.